The van der Waals surface area contributed by atoms with Crippen LogP contribution in [0.2, 0.25) is 0 Å². The first-order chi connectivity index (χ1) is 12.2. The minimum absolute atomic E-state index is 0.192. The van der Waals surface area contributed by atoms with E-state index in [-0.39, 0.29) is 5.82 Å². The summed E-state index contributed by atoms with van der Waals surface area (Å²) < 4.78 is 19.8. The Bertz CT molecular complexity index is 705. The number of benzene rings is 2. The van der Waals surface area contributed by atoms with E-state index in [1.807, 2.05) is 6.07 Å². The molecule has 0 aliphatic carbocycles. The van der Waals surface area contributed by atoms with Crippen molar-refractivity contribution >= 4 is 0 Å². The van der Waals surface area contributed by atoms with Crippen LogP contribution in [-0.2, 0) is 13.0 Å². The monoisotopic (exact) mass is 341 g/mol. The molecule has 2 nitrogen and oxygen atoms in total. The van der Waals surface area contributed by atoms with Crippen LogP contribution in [0.15, 0.2) is 36.4 Å². The second kappa shape index (κ2) is 8.48. The minimum atomic E-state index is -0.192. The number of hydrogen-bond acceptors (Lipinski definition) is 2. The summed E-state index contributed by atoms with van der Waals surface area (Å²) in [5.41, 5.74) is 4.13. The van der Waals surface area contributed by atoms with Gasteiger partial charge in [0.25, 0.3) is 0 Å². The Morgan fingerprint density at radius 2 is 1.72 bits per heavy atom. The highest BCUT2D eigenvalue weighted by Crippen LogP contribution is 2.31. The Labute approximate surface area is 150 Å². The Hall–Kier alpha value is -1.87. The molecule has 2 aromatic rings. The molecule has 134 valence electrons. The van der Waals surface area contributed by atoms with Crippen molar-refractivity contribution < 1.29 is 9.13 Å². The topological polar surface area (TPSA) is 12.5 Å². The van der Waals surface area contributed by atoms with Gasteiger partial charge in [-0.3, -0.25) is 4.90 Å². The first-order valence-electron chi connectivity index (χ1n) is 9.39. The zero-order valence-corrected chi connectivity index (χ0v) is 15.4. The summed E-state index contributed by atoms with van der Waals surface area (Å²) in [6.45, 7) is 5.32. The zero-order chi connectivity index (χ0) is 17.6. The molecule has 0 aromatic heterocycles. The molecule has 0 amide bonds. The highest BCUT2D eigenvalue weighted by molar-refractivity contribution is 5.70. The largest absolute Gasteiger partial charge is 0.497 e. The van der Waals surface area contributed by atoms with Crippen LogP contribution >= 0.6 is 0 Å². The van der Waals surface area contributed by atoms with Gasteiger partial charge in [0.05, 0.1) is 7.11 Å². The second-order valence-corrected chi connectivity index (χ2v) is 6.88. The number of rotatable bonds is 5. The molecular weight excluding hydrogens is 313 g/mol. The van der Waals surface area contributed by atoms with Crippen LogP contribution in [-0.4, -0.2) is 25.1 Å². The van der Waals surface area contributed by atoms with Gasteiger partial charge in [0.1, 0.15) is 11.6 Å². The van der Waals surface area contributed by atoms with E-state index in [1.165, 1.54) is 42.9 Å². The van der Waals surface area contributed by atoms with Crippen LogP contribution in [0, 0.1) is 5.82 Å². The molecule has 0 radical (unpaired) electrons. The molecule has 1 saturated heterocycles. The number of likely N-dealkylation sites (tertiary alicyclic amines) is 1. The maximum Gasteiger partial charge on any atom is 0.131 e. The summed E-state index contributed by atoms with van der Waals surface area (Å²) in [5, 5.41) is 0. The SMILES string of the molecule is CCc1ccc(-c2cc(OC)ccc2F)c(CN2CCCCCC2)c1. The van der Waals surface area contributed by atoms with E-state index in [2.05, 4.69) is 30.0 Å². The zero-order valence-electron chi connectivity index (χ0n) is 15.4. The van der Waals surface area contributed by atoms with Crippen molar-refractivity contribution in [2.24, 2.45) is 0 Å². The summed E-state index contributed by atoms with van der Waals surface area (Å²) in [6, 6.07) is 11.4. The van der Waals surface area contributed by atoms with Gasteiger partial charge in [0, 0.05) is 12.1 Å². The van der Waals surface area contributed by atoms with E-state index >= 15 is 0 Å². The molecule has 25 heavy (non-hydrogen) atoms. The molecule has 0 N–H and O–H groups in total. The first kappa shape index (κ1) is 17.9. The van der Waals surface area contributed by atoms with Gasteiger partial charge in [-0.25, -0.2) is 4.39 Å². The first-order valence-corrected chi connectivity index (χ1v) is 9.39. The van der Waals surface area contributed by atoms with Crippen LogP contribution in [0.1, 0.15) is 43.7 Å². The van der Waals surface area contributed by atoms with Gasteiger partial charge in [0.2, 0.25) is 0 Å². The third-order valence-corrected chi connectivity index (χ3v) is 5.13. The maximum absolute atomic E-state index is 14.5. The van der Waals surface area contributed by atoms with Crippen molar-refractivity contribution in [1.82, 2.24) is 4.90 Å². The fraction of sp³-hybridized carbons (Fsp3) is 0.455. The van der Waals surface area contributed by atoms with E-state index in [0.717, 1.165) is 31.6 Å². The average molecular weight is 341 g/mol. The normalized spacial score (nSPS) is 15.8. The molecule has 3 heteroatoms. The predicted octanol–water partition coefficient (Wildman–Crippen LogP) is 5.44. The third kappa shape index (κ3) is 4.40. The smallest absolute Gasteiger partial charge is 0.131 e. The number of hydrogen-bond donors (Lipinski definition) is 0. The van der Waals surface area contributed by atoms with Crippen LogP contribution in [0.4, 0.5) is 4.39 Å². The fourth-order valence-electron chi connectivity index (χ4n) is 3.63. The molecule has 1 aliphatic rings. The van der Waals surface area contributed by atoms with Crippen LogP contribution in [0.3, 0.4) is 0 Å². The van der Waals surface area contributed by atoms with E-state index in [4.69, 9.17) is 4.74 Å². The summed E-state index contributed by atoms with van der Waals surface area (Å²) in [7, 11) is 1.62. The molecule has 0 spiro atoms. The van der Waals surface area contributed by atoms with E-state index in [9.17, 15) is 4.39 Å². The number of nitrogens with zero attached hydrogens (tertiary/aromatic N) is 1. The lowest BCUT2D eigenvalue weighted by Gasteiger charge is -2.22. The number of methoxy groups -OCH3 is 1. The molecule has 0 atom stereocenters. The van der Waals surface area contributed by atoms with Gasteiger partial charge in [-0.15, -0.1) is 0 Å². The molecule has 1 fully saturated rings. The lowest BCUT2D eigenvalue weighted by Crippen LogP contribution is -2.24. The van der Waals surface area contributed by atoms with Crippen molar-refractivity contribution in [2.45, 2.75) is 45.6 Å². The van der Waals surface area contributed by atoms with Gasteiger partial charge in [0.15, 0.2) is 0 Å². The number of halogens is 1. The molecule has 3 rings (SSSR count). The van der Waals surface area contributed by atoms with Crippen molar-refractivity contribution in [3.63, 3.8) is 0 Å². The molecule has 1 aliphatic heterocycles. The van der Waals surface area contributed by atoms with Crippen molar-refractivity contribution in [1.29, 1.82) is 0 Å². The molecule has 2 aromatic carbocycles. The molecule has 1 heterocycles. The van der Waals surface area contributed by atoms with Gasteiger partial charge >= 0.3 is 0 Å². The molecule has 0 bridgehead atoms. The minimum Gasteiger partial charge on any atom is -0.497 e. The van der Waals surface area contributed by atoms with Crippen molar-refractivity contribution in [2.75, 3.05) is 20.2 Å². The Balaban J connectivity index is 1.98. The second-order valence-electron chi connectivity index (χ2n) is 6.88. The van der Waals surface area contributed by atoms with Crippen molar-refractivity contribution in [3.05, 3.63) is 53.3 Å². The van der Waals surface area contributed by atoms with Gasteiger partial charge in [-0.05, 0) is 67.2 Å². The summed E-state index contributed by atoms with van der Waals surface area (Å²) in [5.74, 6) is 0.499. The van der Waals surface area contributed by atoms with Crippen LogP contribution in [0.5, 0.6) is 5.75 Å². The highest BCUT2D eigenvalue weighted by Gasteiger charge is 2.16. The lowest BCUT2D eigenvalue weighted by atomic mass is 9.95. The molecular formula is C22H28FNO. The number of ether oxygens (including phenoxy) is 1. The van der Waals surface area contributed by atoms with Crippen LogP contribution in [0.25, 0.3) is 11.1 Å². The van der Waals surface area contributed by atoms with E-state index in [1.54, 1.807) is 13.2 Å². The quantitative estimate of drug-likeness (QED) is 0.718. The standard InChI is InChI=1S/C22H28FNO/c1-3-17-8-10-20(21-15-19(25-2)9-11-22(21)23)18(14-17)16-24-12-6-4-5-7-13-24/h8-11,14-15H,3-7,12-13,16H2,1-2H3. The Morgan fingerprint density at radius 3 is 2.40 bits per heavy atom. The van der Waals surface area contributed by atoms with Gasteiger partial charge in [-0.2, -0.15) is 0 Å². The summed E-state index contributed by atoms with van der Waals surface area (Å²) >= 11 is 0. The molecule has 0 unspecified atom stereocenters. The van der Waals surface area contributed by atoms with E-state index in [0.29, 0.717) is 11.3 Å². The number of aryl methyl sites for hydroxylation is 1. The third-order valence-electron chi connectivity index (χ3n) is 5.13. The highest BCUT2D eigenvalue weighted by atomic mass is 19.1. The van der Waals surface area contributed by atoms with Gasteiger partial charge in [-0.1, -0.05) is 38.0 Å². The predicted molar refractivity (Wildman–Crippen MR) is 102 cm³/mol. The fourth-order valence-corrected chi connectivity index (χ4v) is 3.63. The Morgan fingerprint density at radius 1 is 0.960 bits per heavy atom. The maximum atomic E-state index is 14.5. The van der Waals surface area contributed by atoms with Crippen molar-refractivity contribution in [3.8, 4) is 16.9 Å². The van der Waals surface area contributed by atoms with Crippen LogP contribution < -0.4 is 4.74 Å². The summed E-state index contributed by atoms with van der Waals surface area (Å²) in [6.07, 6.45) is 6.16. The van der Waals surface area contributed by atoms with E-state index < -0.39 is 0 Å². The average Bonchev–Trinajstić information content (AvgIpc) is 2.91. The lowest BCUT2D eigenvalue weighted by molar-refractivity contribution is 0.277. The molecule has 0 saturated carbocycles. The van der Waals surface area contributed by atoms with Gasteiger partial charge < -0.3 is 4.74 Å². The Kier molecular flexibility index (Phi) is 6.09. The summed E-state index contributed by atoms with van der Waals surface area (Å²) in [4.78, 5) is 2.52.